The zero-order valence-corrected chi connectivity index (χ0v) is 38.2. The van der Waals surface area contributed by atoms with E-state index in [0.29, 0.717) is 53.1 Å². The number of carbonyl (C=O) groups excluding carboxylic acids is 4. The Balaban J connectivity index is 0.934. The Morgan fingerprint density at radius 1 is 0.394 bits per heavy atom. The summed E-state index contributed by atoms with van der Waals surface area (Å²) >= 11 is 0. The molecule has 0 aliphatic heterocycles. The van der Waals surface area contributed by atoms with Gasteiger partial charge in [0.2, 0.25) is 0 Å². The summed E-state index contributed by atoms with van der Waals surface area (Å²) in [4.78, 5) is 51.7. The molecule has 6 aromatic rings. The molecule has 66 heavy (non-hydrogen) atoms. The third-order valence-corrected chi connectivity index (χ3v) is 10.8. The topological polar surface area (TPSA) is 124 Å². The Bertz CT molecular complexity index is 2470. The minimum Gasteiger partial charge on any atom is -0.494 e. The van der Waals surface area contributed by atoms with Gasteiger partial charge in [-0.15, -0.1) is 0 Å². The molecule has 0 unspecified atom stereocenters. The van der Waals surface area contributed by atoms with Crippen molar-refractivity contribution >= 4 is 23.9 Å². The van der Waals surface area contributed by atoms with Crippen LogP contribution in [0, 0.1) is 11.8 Å². The quantitative estimate of drug-likeness (QED) is 0.0349. The predicted molar refractivity (Wildman–Crippen MR) is 255 cm³/mol. The highest BCUT2D eigenvalue weighted by atomic mass is 16.5. The first-order chi connectivity index (χ1) is 32.0. The lowest BCUT2D eigenvalue weighted by atomic mass is 9.98. The van der Waals surface area contributed by atoms with Crippen LogP contribution in [0.15, 0.2) is 146 Å². The summed E-state index contributed by atoms with van der Waals surface area (Å²) < 4.78 is 33.9. The molecule has 0 amide bonds. The Morgan fingerprint density at radius 2 is 0.818 bits per heavy atom. The zero-order valence-electron chi connectivity index (χ0n) is 38.2. The molecule has 0 saturated carbocycles. The second-order valence-corrected chi connectivity index (χ2v) is 16.7. The summed E-state index contributed by atoms with van der Waals surface area (Å²) in [5.74, 6) is 1.78. The molecular formula is C56H58O10. The molecule has 6 rings (SSSR count). The highest BCUT2D eigenvalue weighted by Crippen LogP contribution is 2.26. The Labute approximate surface area is 387 Å². The van der Waals surface area contributed by atoms with E-state index in [0.717, 1.165) is 48.5 Å². The van der Waals surface area contributed by atoms with Crippen molar-refractivity contribution in [3.8, 4) is 45.6 Å². The molecule has 6 aromatic carbocycles. The molecular weight excluding hydrogens is 833 g/mol. The lowest BCUT2D eigenvalue weighted by Crippen LogP contribution is -2.10. The number of carbonyl (C=O) groups is 4. The van der Waals surface area contributed by atoms with E-state index >= 15 is 0 Å². The standard InChI is InChI=1S/C56H58O10/c1-5-6-7-8-36-61-47-23-17-42(18-24-47)53(57)64-50-27-19-43(20-28-50)54(58)63-49-25-15-41(16-26-49)45-13-10-14-46(38-45)56(60)66-51-29-21-44(22-30-51)55(59)65-52-33-31-48(32-34-52)62-37-35-40(4)12-9-11-39(2)3/h10,13-34,38-40H,5-9,11-12,35-37H2,1-4H3/t40-/m1/s1. The highest BCUT2D eigenvalue weighted by Gasteiger charge is 2.15. The van der Waals surface area contributed by atoms with Crippen molar-refractivity contribution in [1.82, 2.24) is 0 Å². The lowest BCUT2D eigenvalue weighted by molar-refractivity contribution is 0.0720. The Kier molecular flexibility index (Phi) is 18.1. The maximum Gasteiger partial charge on any atom is 0.343 e. The summed E-state index contributed by atoms with van der Waals surface area (Å²) in [6.07, 6.45) is 9.13. The van der Waals surface area contributed by atoms with Gasteiger partial charge < -0.3 is 28.4 Å². The maximum absolute atomic E-state index is 13.1. The number of hydrogen-bond acceptors (Lipinski definition) is 10. The normalized spacial score (nSPS) is 11.3. The van der Waals surface area contributed by atoms with E-state index in [4.69, 9.17) is 28.4 Å². The zero-order chi connectivity index (χ0) is 46.7. The highest BCUT2D eigenvalue weighted by molar-refractivity contribution is 5.94. The first-order valence-electron chi connectivity index (χ1n) is 22.8. The average molecular weight is 891 g/mol. The maximum atomic E-state index is 13.1. The minimum absolute atomic E-state index is 0.264. The van der Waals surface area contributed by atoms with Crippen molar-refractivity contribution in [2.75, 3.05) is 13.2 Å². The summed E-state index contributed by atoms with van der Waals surface area (Å²) in [6.45, 7) is 10.2. The van der Waals surface area contributed by atoms with E-state index in [9.17, 15) is 19.2 Å². The van der Waals surface area contributed by atoms with Crippen molar-refractivity contribution < 1.29 is 47.6 Å². The molecule has 0 radical (unpaired) electrons. The van der Waals surface area contributed by atoms with E-state index in [2.05, 4.69) is 27.7 Å². The molecule has 0 heterocycles. The van der Waals surface area contributed by atoms with Crippen molar-refractivity contribution in [3.05, 3.63) is 168 Å². The number of esters is 4. The van der Waals surface area contributed by atoms with E-state index in [-0.39, 0.29) is 17.1 Å². The van der Waals surface area contributed by atoms with Crippen molar-refractivity contribution in [2.45, 2.75) is 79.1 Å². The van der Waals surface area contributed by atoms with Crippen LogP contribution in [-0.4, -0.2) is 37.1 Å². The van der Waals surface area contributed by atoms with Gasteiger partial charge in [-0.1, -0.05) is 90.5 Å². The molecule has 0 fully saturated rings. The smallest absolute Gasteiger partial charge is 0.343 e. The number of benzene rings is 6. The first kappa shape index (κ1) is 48.3. The van der Waals surface area contributed by atoms with Crippen LogP contribution >= 0.6 is 0 Å². The van der Waals surface area contributed by atoms with Crippen LogP contribution in [0.1, 0.15) is 120 Å². The molecule has 0 saturated heterocycles. The van der Waals surface area contributed by atoms with Crippen LogP contribution in [0.5, 0.6) is 34.5 Å². The Hall–Kier alpha value is -7.20. The Morgan fingerprint density at radius 3 is 1.30 bits per heavy atom. The molecule has 1 atom stereocenters. The fourth-order valence-corrected chi connectivity index (χ4v) is 6.93. The van der Waals surface area contributed by atoms with Crippen molar-refractivity contribution in [2.24, 2.45) is 11.8 Å². The first-order valence-corrected chi connectivity index (χ1v) is 22.8. The third-order valence-electron chi connectivity index (χ3n) is 10.8. The fraction of sp³-hybridized carbons (Fsp3) is 0.286. The molecule has 10 nitrogen and oxygen atoms in total. The minimum atomic E-state index is -0.584. The van der Waals surface area contributed by atoms with Crippen LogP contribution in [0.4, 0.5) is 0 Å². The van der Waals surface area contributed by atoms with Crippen molar-refractivity contribution in [1.29, 1.82) is 0 Å². The SMILES string of the molecule is CCCCCCOc1ccc(C(=O)Oc2ccc(C(=O)Oc3ccc(-c4cccc(C(=O)Oc5ccc(C(=O)Oc6ccc(OCC[C@H](C)CCCC(C)C)cc6)cc5)c4)cc3)cc2)cc1. The van der Waals surface area contributed by atoms with Crippen LogP contribution in [0.3, 0.4) is 0 Å². The summed E-state index contributed by atoms with van der Waals surface area (Å²) in [5, 5.41) is 0. The van der Waals surface area contributed by atoms with Gasteiger partial charge in [0.15, 0.2) is 0 Å². The number of unbranched alkanes of at least 4 members (excludes halogenated alkanes) is 3. The second kappa shape index (κ2) is 24.8. The van der Waals surface area contributed by atoms with Gasteiger partial charge in [-0.3, -0.25) is 0 Å². The van der Waals surface area contributed by atoms with Gasteiger partial charge in [-0.05, 0) is 157 Å². The molecule has 0 bridgehead atoms. The van der Waals surface area contributed by atoms with Gasteiger partial charge in [0.25, 0.3) is 0 Å². The average Bonchev–Trinajstić information content (AvgIpc) is 3.33. The molecule has 0 N–H and O–H groups in total. The lowest BCUT2D eigenvalue weighted by Gasteiger charge is -2.13. The van der Waals surface area contributed by atoms with Gasteiger partial charge in [-0.25, -0.2) is 19.2 Å². The molecule has 0 aliphatic carbocycles. The number of rotatable bonds is 23. The fourth-order valence-electron chi connectivity index (χ4n) is 6.93. The number of hydrogen-bond donors (Lipinski definition) is 0. The van der Waals surface area contributed by atoms with Crippen LogP contribution in [0.2, 0.25) is 0 Å². The summed E-state index contributed by atoms with van der Waals surface area (Å²) in [5.41, 5.74) is 2.79. The van der Waals surface area contributed by atoms with E-state index in [1.807, 2.05) is 6.07 Å². The molecule has 10 heteroatoms. The van der Waals surface area contributed by atoms with E-state index in [1.54, 1.807) is 91.0 Å². The number of ether oxygens (including phenoxy) is 6. The van der Waals surface area contributed by atoms with Gasteiger partial charge in [-0.2, -0.15) is 0 Å². The third kappa shape index (κ3) is 15.2. The predicted octanol–water partition coefficient (Wildman–Crippen LogP) is 13.4. The monoisotopic (exact) mass is 890 g/mol. The van der Waals surface area contributed by atoms with Gasteiger partial charge in [0, 0.05) is 0 Å². The van der Waals surface area contributed by atoms with E-state index in [1.165, 1.54) is 74.2 Å². The molecule has 0 spiro atoms. The van der Waals surface area contributed by atoms with Gasteiger partial charge in [0.1, 0.15) is 34.5 Å². The summed E-state index contributed by atoms with van der Waals surface area (Å²) in [7, 11) is 0. The van der Waals surface area contributed by atoms with Crippen LogP contribution in [0.25, 0.3) is 11.1 Å². The van der Waals surface area contributed by atoms with Crippen LogP contribution in [-0.2, 0) is 0 Å². The molecule has 0 aliphatic rings. The van der Waals surface area contributed by atoms with E-state index < -0.39 is 23.9 Å². The second-order valence-electron chi connectivity index (χ2n) is 16.7. The van der Waals surface area contributed by atoms with Crippen LogP contribution < -0.4 is 28.4 Å². The van der Waals surface area contributed by atoms with Crippen molar-refractivity contribution in [3.63, 3.8) is 0 Å². The van der Waals surface area contributed by atoms with Gasteiger partial charge in [0.05, 0.1) is 35.5 Å². The molecule has 342 valence electrons. The largest absolute Gasteiger partial charge is 0.494 e. The van der Waals surface area contributed by atoms with Gasteiger partial charge >= 0.3 is 23.9 Å². The molecule has 0 aromatic heterocycles. The summed E-state index contributed by atoms with van der Waals surface area (Å²) in [6, 6.07) is 39.9.